The van der Waals surface area contributed by atoms with Gasteiger partial charge >= 0.3 is 5.69 Å². The summed E-state index contributed by atoms with van der Waals surface area (Å²) in [6.45, 7) is 1.82. The Hall–Kier alpha value is -4.68. The van der Waals surface area contributed by atoms with E-state index in [1.54, 1.807) is 78.0 Å². The first-order chi connectivity index (χ1) is 22.7. The molecule has 1 aliphatic carbocycles. The van der Waals surface area contributed by atoms with Crippen LogP contribution in [0.1, 0.15) is 51.9 Å². The van der Waals surface area contributed by atoms with E-state index in [2.05, 4.69) is 26.3 Å². The lowest BCUT2D eigenvalue weighted by Gasteiger charge is -2.34. The number of fused-ring (bicyclic) bond motifs is 1. The molecule has 2 aliphatic rings. The van der Waals surface area contributed by atoms with Crippen LogP contribution in [0.5, 0.6) is 5.75 Å². The molecule has 0 unspecified atom stereocenters. The fraction of sp³-hybridized carbons (Fsp3) is 0.235. The Morgan fingerprint density at radius 3 is 2.60 bits per heavy atom. The minimum absolute atomic E-state index is 0.0141. The molecule has 47 heavy (non-hydrogen) atoms. The van der Waals surface area contributed by atoms with Crippen LogP contribution in [0.15, 0.2) is 88.4 Å². The summed E-state index contributed by atoms with van der Waals surface area (Å²) in [5, 5.41) is 7.44. The average molecular weight is 720 g/mol. The molecule has 1 aliphatic heterocycles. The highest BCUT2D eigenvalue weighted by atomic mass is 79.9. The van der Waals surface area contributed by atoms with Gasteiger partial charge in [0, 0.05) is 47.1 Å². The fourth-order valence-electron chi connectivity index (χ4n) is 5.81. The van der Waals surface area contributed by atoms with Crippen LogP contribution in [0.3, 0.4) is 0 Å². The number of nitrogens with zero attached hydrogens (tertiary/aromatic N) is 5. The van der Waals surface area contributed by atoms with Gasteiger partial charge in [-0.2, -0.15) is 5.10 Å². The Morgan fingerprint density at radius 2 is 1.89 bits per heavy atom. The van der Waals surface area contributed by atoms with Crippen molar-refractivity contribution in [3.63, 3.8) is 0 Å². The molecule has 13 heteroatoms. The molecule has 2 aromatic heterocycles. The standard InChI is InChI=1S/C34H29BrClFN6O4/c1-20-18-41-30(19-40(20)33(45)21-6-13-26(35)27(36)16-21)31(43(34(41)46)22-7-9-23(10-8-22)47-24-11-12-24)32(44)38-17-25-28(37)4-2-5-29(25)42-15-3-14-39-42/h2-10,13-16,20,24H,11-12,17-19H2,1H3,(H,38,44)/t20-/m0/s1. The maximum Gasteiger partial charge on any atom is 0.333 e. The van der Waals surface area contributed by atoms with Crippen molar-refractivity contribution in [2.24, 2.45) is 0 Å². The number of amides is 2. The van der Waals surface area contributed by atoms with Crippen molar-refractivity contribution >= 4 is 39.3 Å². The molecule has 2 amide bonds. The largest absolute Gasteiger partial charge is 0.490 e. The second kappa shape index (κ2) is 12.5. The van der Waals surface area contributed by atoms with Crippen LogP contribution in [-0.4, -0.2) is 47.8 Å². The molecule has 5 aromatic rings. The SMILES string of the molecule is C[C@H]1Cn2c(c(C(=O)NCc3c(F)cccc3-n3cccn3)n(-c3ccc(OC4CC4)cc3)c2=O)CN1C(=O)c1ccc(Br)c(Cl)c1. The molecule has 7 rings (SSSR count). The predicted molar refractivity (Wildman–Crippen MR) is 177 cm³/mol. The van der Waals surface area contributed by atoms with Crippen LogP contribution in [-0.2, 0) is 19.6 Å². The fourth-order valence-corrected chi connectivity index (χ4v) is 6.24. The van der Waals surface area contributed by atoms with E-state index >= 15 is 4.39 Å². The predicted octanol–water partition coefficient (Wildman–Crippen LogP) is 5.90. The van der Waals surface area contributed by atoms with Gasteiger partial charge in [-0.25, -0.2) is 13.9 Å². The highest BCUT2D eigenvalue weighted by molar-refractivity contribution is 9.10. The highest BCUT2D eigenvalue weighted by Crippen LogP contribution is 2.30. The molecule has 0 radical (unpaired) electrons. The van der Waals surface area contributed by atoms with Gasteiger partial charge < -0.3 is 15.0 Å². The second-order valence-corrected chi connectivity index (χ2v) is 12.9. The van der Waals surface area contributed by atoms with Crippen molar-refractivity contribution in [2.45, 2.75) is 51.5 Å². The van der Waals surface area contributed by atoms with E-state index in [1.165, 1.54) is 19.9 Å². The quantitative estimate of drug-likeness (QED) is 0.215. The zero-order valence-electron chi connectivity index (χ0n) is 25.2. The first kappa shape index (κ1) is 30.9. The van der Waals surface area contributed by atoms with Crippen LogP contribution in [0.2, 0.25) is 5.02 Å². The van der Waals surface area contributed by atoms with Crippen LogP contribution in [0.4, 0.5) is 4.39 Å². The third-order valence-corrected chi connectivity index (χ3v) is 9.61. The molecule has 3 heterocycles. The minimum atomic E-state index is -0.600. The van der Waals surface area contributed by atoms with Gasteiger partial charge in [-0.3, -0.25) is 18.7 Å². The zero-order chi connectivity index (χ0) is 32.8. The van der Waals surface area contributed by atoms with E-state index in [9.17, 15) is 14.4 Å². The molecule has 3 aromatic carbocycles. The van der Waals surface area contributed by atoms with Crippen LogP contribution in [0, 0.1) is 5.82 Å². The van der Waals surface area contributed by atoms with Crippen molar-refractivity contribution in [2.75, 3.05) is 0 Å². The van der Waals surface area contributed by atoms with Crippen LogP contribution in [0.25, 0.3) is 11.4 Å². The third kappa shape index (κ3) is 5.98. The molecule has 10 nitrogen and oxygen atoms in total. The summed E-state index contributed by atoms with van der Waals surface area (Å²) in [6, 6.07) is 17.9. The smallest absolute Gasteiger partial charge is 0.333 e. The number of carbonyl (C=O) groups excluding carboxylic acids is 2. The summed E-state index contributed by atoms with van der Waals surface area (Å²) in [5.41, 5.74) is 1.53. The summed E-state index contributed by atoms with van der Waals surface area (Å²) in [4.78, 5) is 43.6. The topological polar surface area (TPSA) is 103 Å². The summed E-state index contributed by atoms with van der Waals surface area (Å²) in [7, 11) is 0. The number of carbonyl (C=O) groups is 2. The highest BCUT2D eigenvalue weighted by Gasteiger charge is 2.35. The van der Waals surface area contributed by atoms with E-state index in [-0.39, 0.29) is 48.9 Å². The Morgan fingerprint density at radius 1 is 1.11 bits per heavy atom. The van der Waals surface area contributed by atoms with Gasteiger partial charge in [0.15, 0.2) is 0 Å². The first-order valence-electron chi connectivity index (χ1n) is 15.1. The lowest BCUT2D eigenvalue weighted by molar-refractivity contribution is 0.0610. The Bertz CT molecular complexity index is 2060. The van der Waals surface area contributed by atoms with Crippen LogP contribution >= 0.6 is 27.5 Å². The van der Waals surface area contributed by atoms with Gasteiger partial charge in [0.05, 0.1) is 34.7 Å². The number of benzene rings is 3. The van der Waals surface area contributed by atoms with Crippen molar-refractivity contribution < 1.29 is 18.7 Å². The van der Waals surface area contributed by atoms with Gasteiger partial charge in [-0.05, 0) is 96.4 Å². The van der Waals surface area contributed by atoms with Gasteiger partial charge in [0.25, 0.3) is 11.8 Å². The molecule has 1 atom stereocenters. The number of ether oxygens (including phenoxy) is 1. The van der Waals surface area contributed by atoms with Gasteiger partial charge in [-0.1, -0.05) is 17.7 Å². The van der Waals surface area contributed by atoms with E-state index in [4.69, 9.17) is 16.3 Å². The molecular formula is C34H29BrClFN6O4. The number of aromatic nitrogens is 4. The summed E-state index contributed by atoms with van der Waals surface area (Å²) >= 11 is 9.65. The summed E-state index contributed by atoms with van der Waals surface area (Å²) < 4.78 is 26.1. The van der Waals surface area contributed by atoms with E-state index in [1.807, 2.05) is 6.92 Å². The normalized spacial score (nSPS) is 15.7. The summed E-state index contributed by atoms with van der Waals surface area (Å²) in [6.07, 6.45) is 5.46. The van der Waals surface area contributed by atoms with Gasteiger partial charge in [0.1, 0.15) is 17.3 Å². The van der Waals surface area contributed by atoms with Crippen LogP contribution < -0.4 is 15.7 Å². The van der Waals surface area contributed by atoms with E-state index in [0.29, 0.717) is 37.9 Å². The number of imidazole rings is 1. The number of rotatable bonds is 8. The monoisotopic (exact) mass is 718 g/mol. The second-order valence-electron chi connectivity index (χ2n) is 11.6. The first-order valence-corrected chi connectivity index (χ1v) is 16.3. The van der Waals surface area contributed by atoms with Gasteiger partial charge in [-0.15, -0.1) is 0 Å². The lowest BCUT2D eigenvalue weighted by Crippen LogP contribution is -2.47. The molecular weight excluding hydrogens is 691 g/mol. The molecule has 0 bridgehead atoms. The maximum atomic E-state index is 15.1. The number of nitrogens with one attached hydrogen (secondary N) is 1. The van der Waals surface area contributed by atoms with Crippen molar-refractivity contribution in [1.29, 1.82) is 0 Å². The number of halogens is 3. The Kier molecular flexibility index (Phi) is 8.23. The summed E-state index contributed by atoms with van der Waals surface area (Å²) in [5.74, 6) is -0.734. The maximum absolute atomic E-state index is 15.1. The molecule has 1 N–H and O–H groups in total. The third-order valence-electron chi connectivity index (χ3n) is 8.38. The number of hydrogen-bond donors (Lipinski definition) is 1. The van der Waals surface area contributed by atoms with E-state index < -0.39 is 17.4 Å². The molecule has 0 saturated heterocycles. The molecule has 0 spiro atoms. The Balaban J connectivity index is 1.27. The van der Waals surface area contributed by atoms with Crippen molar-refractivity contribution in [3.05, 3.63) is 127 Å². The minimum Gasteiger partial charge on any atom is -0.490 e. The number of hydrogen-bond acceptors (Lipinski definition) is 5. The average Bonchev–Trinajstić information content (AvgIpc) is 3.61. The van der Waals surface area contributed by atoms with Crippen molar-refractivity contribution in [1.82, 2.24) is 29.1 Å². The molecule has 1 saturated carbocycles. The lowest BCUT2D eigenvalue weighted by atomic mass is 10.1. The molecule has 240 valence electrons. The Labute approximate surface area is 282 Å². The van der Waals surface area contributed by atoms with Gasteiger partial charge in [0.2, 0.25) is 0 Å². The zero-order valence-corrected chi connectivity index (χ0v) is 27.5. The van der Waals surface area contributed by atoms with E-state index in [0.717, 1.165) is 12.8 Å². The van der Waals surface area contributed by atoms with Crippen molar-refractivity contribution in [3.8, 4) is 17.1 Å². The molecule has 1 fully saturated rings.